The number of methoxy groups -OCH3 is 1. The van der Waals surface area contributed by atoms with Gasteiger partial charge in [0, 0.05) is 10.9 Å². The predicted octanol–water partition coefficient (Wildman–Crippen LogP) is 1.67. The molecule has 3 aromatic heterocycles. The summed E-state index contributed by atoms with van der Waals surface area (Å²) < 4.78 is 11.0. The molecule has 0 aliphatic rings. The van der Waals surface area contributed by atoms with E-state index in [0.29, 0.717) is 21.7 Å². The first kappa shape index (κ1) is 17.0. The number of hydrogen-bond acceptors (Lipinski definition) is 8. The molecule has 8 nitrogen and oxygen atoms in total. The first-order valence-electron chi connectivity index (χ1n) is 7.91. The molecule has 0 bridgehead atoms. The third kappa shape index (κ3) is 2.68. The van der Waals surface area contributed by atoms with Crippen LogP contribution in [0.1, 0.15) is 15.4 Å². The third-order valence-electron chi connectivity index (χ3n) is 4.16. The summed E-state index contributed by atoms with van der Waals surface area (Å²) in [7, 11) is 3.05. The molecule has 3 heterocycles. The van der Waals surface area contributed by atoms with Crippen LogP contribution < -0.4 is 20.3 Å². The third-order valence-corrected chi connectivity index (χ3v) is 5.28. The van der Waals surface area contributed by atoms with Gasteiger partial charge in [-0.05, 0) is 24.3 Å². The molecule has 0 spiro atoms. The van der Waals surface area contributed by atoms with E-state index in [9.17, 15) is 9.90 Å². The van der Waals surface area contributed by atoms with Gasteiger partial charge in [0.05, 0.1) is 23.8 Å². The molecule has 0 aliphatic carbocycles. The van der Waals surface area contributed by atoms with Crippen molar-refractivity contribution in [2.24, 2.45) is 7.05 Å². The van der Waals surface area contributed by atoms with Crippen LogP contribution in [0.3, 0.4) is 0 Å². The fourth-order valence-electron chi connectivity index (χ4n) is 2.83. The SMILES string of the molecule is COc1ccccc1-c1ccc2c(N)c(C(=O)c3c([O-])on[n+]3C)sc2n1. The highest BCUT2D eigenvalue weighted by atomic mass is 32.1. The van der Waals surface area contributed by atoms with Crippen molar-refractivity contribution >= 4 is 33.0 Å². The summed E-state index contributed by atoms with van der Waals surface area (Å²) in [6.45, 7) is 0. The Morgan fingerprint density at radius 2 is 2.07 bits per heavy atom. The number of fused-ring (bicyclic) bond motifs is 1. The highest BCUT2D eigenvalue weighted by molar-refractivity contribution is 7.21. The number of anilines is 1. The number of carbonyl (C=O) groups excluding carboxylic acids is 1. The Hall–Kier alpha value is -3.46. The van der Waals surface area contributed by atoms with Crippen LogP contribution in [0.2, 0.25) is 0 Å². The molecule has 9 heteroatoms. The Balaban J connectivity index is 1.84. The number of hydrogen-bond donors (Lipinski definition) is 1. The summed E-state index contributed by atoms with van der Waals surface area (Å²) in [4.78, 5) is 18.2. The van der Waals surface area contributed by atoms with Crippen LogP contribution >= 0.6 is 11.3 Å². The molecule has 0 fully saturated rings. The van der Waals surface area contributed by atoms with Crippen molar-refractivity contribution in [2.75, 3.05) is 12.8 Å². The molecule has 4 aromatic rings. The van der Waals surface area contributed by atoms with Crippen LogP contribution in [-0.4, -0.2) is 23.1 Å². The minimum absolute atomic E-state index is 0.182. The lowest BCUT2D eigenvalue weighted by atomic mass is 10.1. The molecule has 0 saturated carbocycles. The van der Waals surface area contributed by atoms with E-state index in [1.807, 2.05) is 30.3 Å². The molecule has 0 radical (unpaired) electrons. The van der Waals surface area contributed by atoms with E-state index in [0.717, 1.165) is 21.6 Å². The normalized spacial score (nSPS) is 11.0. The number of nitrogens with zero attached hydrogens (tertiary/aromatic N) is 3. The Morgan fingerprint density at radius 1 is 1.30 bits per heavy atom. The van der Waals surface area contributed by atoms with Gasteiger partial charge < -0.3 is 20.1 Å². The van der Waals surface area contributed by atoms with Gasteiger partial charge in [-0.1, -0.05) is 16.8 Å². The highest BCUT2D eigenvalue weighted by Gasteiger charge is 2.29. The van der Waals surface area contributed by atoms with E-state index in [1.165, 1.54) is 7.05 Å². The molecule has 0 atom stereocenters. The van der Waals surface area contributed by atoms with E-state index in [-0.39, 0.29) is 16.3 Å². The summed E-state index contributed by atoms with van der Waals surface area (Å²) in [6.07, 6.45) is 0. The van der Waals surface area contributed by atoms with Gasteiger partial charge in [0.15, 0.2) is 13.0 Å². The van der Waals surface area contributed by atoms with Gasteiger partial charge in [-0.15, -0.1) is 11.3 Å². The number of rotatable bonds is 4. The zero-order valence-corrected chi connectivity index (χ0v) is 15.2. The van der Waals surface area contributed by atoms with Crippen LogP contribution in [0, 0.1) is 0 Å². The second-order valence-electron chi connectivity index (χ2n) is 5.76. The number of aryl methyl sites for hydroxylation is 1. The molecule has 1 aromatic carbocycles. The summed E-state index contributed by atoms with van der Waals surface area (Å²) in [6, 6.07) is 11.1. The summed E-state index contributed by atoms with van der Waals surface area (Å²) in [5.74, 6) is -0.650. The van der Waals surface area contributed by atoms with Crippen molar-refractivity contribution < 1.29 is 23.8 Å². The zero-order valence-electron chi connectivity index (χ0n) is 14.4. The number of para-hydroxylation sites is 1. The minimum atomic E-state index is -0.804. The number of pyridine rings is 1. The fourth-order valence-corrected chi connectivity index (χ4v) is 3.87. The van der Waals surface area contributed by atoms with Crippen molar-refractivity contribution in [1.29, 1.82) is 0 Å². The number of nitrogen functional groups attached to an aromatic ring is 1. The number of ketones is 1. The van der Waals surface area contributed by atoms with Crippen molar-refractivity contribution in [2.45, 2.75) is 0 Å². The number of carbonyl (C=O) groups is 1. The van der Waals surface area contributed by atoms with E-state index in [1.54, 1.807) is 13.2 Å². The van der Waals surface area contributed by atoms with Gasteiger partial charge in [-0.3, -0.25) is 4.79 Å². The van der Waals surface area contributed by atoms with Gasteiger partial charge in [-0.2, -0.15) is 0 Å². The molecule has 0 saturated heterocycles. The smallest absolute Gasteiger partial charge is 0.305 e. The Morgan fingerprint density at radius 3 is 2.78 bits per heavy atom. The molecule has 0 aliphatic heterocycles. The summed E-state index contributed by atoms with van der Waals surface area (Å²) >= 11 is 1.12. The lowest BCUT2D eigenvalue weighted by Gasteiger charge is -2.07. The quantitative estimate of drug-likeness (QED) is 0.421. The van der Waals surface area contributed by atoms with E-state index >= 15 is 0 Å². The van der Waals surface area contributed by atoms with Crippen LogP contribution in [0.25, 0.3) is 21.5 Å². The molecule has 0 unspecified atom stereocenters. The molecular formula is C18H14N4O4S. The average Bonchev–Trinajstić information content (AvgIpc) is 3.20. The molecule has 2 N–H and O–H groups in total. The van der Waals surface area contributed by atoms with Gasteiger partial charge in [0.25, 0.3) is 5.78 Å². The van der Waals surface area contributed by atoms with Gasteiger partial charge in [-0.25, -0.2) is 4.98 Å². The maximum Gasteiger partial charge on any atom is 0.305 e. The first-order chi connectivity index (χ1) is 13.0. The Labute approximate surface area is 157 Å². The highest BCUT2D eigenvalue weighted by Crippen LogP contribution is 2.37. The molecule has 4 rings (SSSR count). The summed E-state index contributed by atoms with van der Waals surface area (Å²) in [5, 5.41) is 15.9. The van der Waals surface area contributed by atoms with Crippen LogP contribution in [0.5, 0.6) is 11.7 Å². The average molecular weight is 382 g/mol. The standard InChI is InChI=1S/C18H14N4O4S/c1-22-14(18(24)26-21-22)15(23)16-13(19)10-7-8-11(20-17(10)27-16)9-5-3-4-6-12(9)25-2/h3-8H,1-2H3,(H2-,19,21,23,24). The van der Waals surface area contributed by atoms with Crippen LogP contribution in [-0.2, 0) is 7.05 Å². The molecule has 27 heavy (non-hydrogen) atoms. The van der Waals surface area contributed by atoms with Crippen molar-refractivity contribution in [1.82, 2.24) is 10.3 Å². The number of aromatic nitrogens is 3. The number of ether oxygens (including phenoxy) is 1. The van der Waals surface area contributed by atoms with Gasteiger partial charge >= 0.3 is 5.69 Å². The van der Waals surface area contributed by atoms with Crippen molar-refractivity contribution in [3.05, 3.63) is 47.0 Å². The topological polar surface area (TPSA) is 118 Å². The molecular weight excluding hydrogens is 368 g/mol. The lowest BCUT2D eigenvalue weighted by molar-refractivity contribution is -0.741. The predicted molar refractivity (Wildman–Crippen MR) is 96.6 cm³/mol. The number of thiophene rings is 1. The van der Waals surface area contributed by atoms with Crippen molar-refractivity contribution in [3.8, 4) is 23.0 Å². The van der Waals surface area contributed by atoms with E-state index in [2.05, 4.69) is 14.8 Å². The van der Waals surface area contributed by atoms with Crippen molar-refractivity contribution in [3.63, 3.8) is 0 Å². The monoisotopic (exact) mass is 382 g/mol. The second kappa shape index (κ2) is 6.36. The maximum atomic E-state index is 12.8. The van der Waals surface area contributed by atoms with Gasteiger partial charge in [0.1, 0.15) is 15.5 Å². The number of nitrogens with two attached hydrogens (primary N) is 1. The number of benzene rings is 1. The molecule has 0 amide bonds. The van der Waals surface area contributed by atoms with Crippen LogP contribution in [0.15, 0.2) is 40.9 Å². The lowest BCUT2D eigenvalue weighted by Crippen LogP contribution is -2.37. The Bertz CT molecular complexity index is 1160. The summed E-state index contributed by atoms with van der Waals surface area (Å²) in [5.41, 5.74) is 7.77. The van der Waals surface area contributed by atoms with E-state index in [4.69, 9.17) is 10.5 Å². The largest absolute Gasteiger partial charge is 0.539 e. The van der Waals surface area contributed by atoms with Gasteiger partial charge in [0.2, 0.25) is 0 Å². The van der Waals surface area contributed by atoms with E-state index < -0.39 is 11.7 Å². The maximum absolute atomic E-state index is 12.8. The zero-order chi connectivity index (χ0) is 19.1. The first-order valence-corrected chi connectivity index (χ1v) is 8.73. The minimum Gasteiger partial charge on any atom is -0.539 e. The fraction of sp³-hybridized carbons (Fsp3) is 0.111. The van der Waals surface area contributed by atoms with Crippen LogP contribution in [0.4, 0.5) is 5.69 Å². The second-order valence-corrected chi connectivity index (χ2v) is 6.76. The Kier molecular flexibility index (Phi) is 4.00. The molecule has 136 valence electrons.